The molecule has 0 saturated heterocycles. The van der Waals surface area contributed by atoms with E-state index < -0.39 is 5.97 Å². The van der Waals surface area contributed by atoms with Gasteiger partial charge in [0.05, 0.1) is 5.56 Å². The summed E-state index contributed by atoms with van der Waals surface area (Å²) in [6.07, 6.45) is 0. The molecule has 0 aliphatic carbocycles. The van der Waals surface area contributed by atoms with E-state index in [-0.39, 0.29) is 31.0 Å². The van der Waals surface area contributed by atoms with Gasteiger partial charge in [-0.2, -0.15) is 0 Å². The van der Waals surface area contributed by atoms with Gasteiger partial charge in [0, 0.05) is 5.39 Å². The Morgan fingerprint density at radius 1 is 0.667 bits per heavy atom. The summed E-state index contributed by atoms with van der Waals surface area (Å²) in [7, 11) is 0. The number of carboxylic acids is 1. The number of hydrogen-bond acceptors (Lipinski definition) is 1. The van der Waals surface area contributed by atoms with Crippen molar-refractivity contribution >= 4 is 49.1 Å². The van der Waals surface area contributed by atoms with E-state index in [9.17, 15) is 9.90 Å². The van der Waals surface area contributed by atoms with Crippen LogP contribution in [0.2, 0.25) is 0 Å². The first kappa shape index (κ1) is 15.4. The van der Waals surface area contributed by atoms with Crippen LogP contribution in [-0.4, -0.2) is 11.1 Å². The predicted molar refractivity (Wildman–Crippen MR) is 95.7 cm³/mol. The smallest absolute Gasteiger partial charge is 1.00 e. The minimum Gasteiger partial charge on any atom is -1.00 e. The third-order valence-electron chi connectivity index (χ3n) is 4.74. The van der Waals surface area contributed by atoms with Gasteiger partial charge in [0.15, 0.2) is 0 Å². The minimum atomic E-state index is -0.881. The van der Waals surface area contributed by atoms with Crippen molar-refractivity contribution in [1.82, 2.24) is 0 Å². The Morgan fingerprint density at radius 2 is 1.21 bits per heavy atom. The Kier molecular flexibility index (Phi) is 3.50. The van der Waals surface area contributed by atoms with E-state index in [1.165, 1.54) is 5.39 Å². The maximum absolute atomic E-state index is 11.8. The molecule has 0 saturated carbocycles. The Morgan fingerprint density at radius 3 is 1.83 bits per heavy atom. The monoisotopic (exact) mass is 320 g/mol. The summed E-state index contributed by atoms with van der Waals surface area (Å²) < 4.78 is 0. The van der Waals surface area contributed by atoms with Gasteiger partial charge >= 0.3 is 35.5 Å². The van der Waals surface area contributed by atoms with Gasteiger partial charge in [-0.3, -0.25) is 0 Å². The topological polar surface area (TPSA) is 37.3 Å². The Labute approximate surface area is 161 Å². The van der Waals surface area contributed by atoms with E-state index in [4.69, 9.17) is 0 Å². The number of benzene rings is 5. The van der Waals surface area contributed by atoms with Crippen LogP contribution < -0.4 is 29.6 Å². The molecule has 0 bridgehead atoms. The van der Waals surface area contributed by atoms with Gasteiger partial charge in [-0.15, -0.1) is 0 Å². The van der Waals surface area contributed by atoms with Gasteiger partial charge in [0.25, 0.3) is 0 Å². The molecule has 5 rings (SSSR count). The van der Waals surface area contributed by atoms with Crippen LogP contribution in [0.5, 0.6) is 0 Å². The molecular weight excluding hydrogens is 307 g/mol. The second-order valence-corrected chi connectivity index (χ2v) is 5.91. The van der Waals surface area contributed by atoms with Gasteiger partial charge in [0.1, 0.15) is 0 Å². The molecule has 110 valence electrons. The number of carboxylic acid groups (broad SMARTS) is 1. The third-order valence-corrected chi connectivity index (χ3v) is 4.74. The van der Waals surface area contributed by atoms with Gasteiger partial charge in [-0.05, 0) is 43.8 Å². The van der Waals surface area contributed by atoms with E-state index in [0.29, 0.717) is 5.56 Å². The SMILES string of the molecule is O=C(O)c1ccc2cccc3c4cccc5cccc(c1c23)c54.[H-].[Na+]. The number of fused-ring (bicyclic) bond motifs is 2. The summed E-state index contributed by atoms with van der Waals surface area (Å²) >= 11 is 0. The summed E-state index contributed by atoms with van der Waals surface area (Å²) in [5.41, 5.74) is 0.368. The molecule has 0 aliphatic heterocycles. The molecule has 0 radical (unpaired) electrons. The van der Waals surface area contributed by atoms with Crippen molar-refractivity contribution in [1.29, 1.82) is 0 Å². The van der Waals surface area contributed by atoms with Crippen molar-refractivity contribution in [2.45, 2.75) is 0 Å². The standard InChI is InChI=1S/C21H12O2.Na.H/c22-21(23)17-11-10-13-6-2-8-15-14-7-1-4-12-5-3-9-16(18(12)14)20(17)19(13)15;;/h1-11H,(H,22,23);;/q;+1;-1. The van der Waals surface area contributed by atoms with Gasteiger partial charge in [-0.25, -0.2) is 4.79 Å². The van der Waals surface area contributed by atoms with Crippen molar-refractivity contribution < 1.29 is 40.9 Å². The molecule has 0 aromatic heterocycles. The first-order chi connectivity index (χ1) is 11.3. The molecule has 0 aliphatic rings. The Hall–Kier alpha value is -2.13. The molecule has 0 amide bonds. The molecule has 0 heterocycles. The fourth-order valence-electron chi connectivity index (χ4n) is 3.84. The van der Waals surface area contributed by atoms with Crippen LogP contribution in [0.1, 0.15) is 11.8 Å². The zero-order valence-corrected chi connectivity index (χ0v) is 15.2. The van der Waals surface area contributed by atoms with Crippen molar-refractivity contribution in [2.24, 2.45) is 0 Å². The van der Waals surface area contributed by atoms with E-state index in [2.05, 4.69) is 30.3 Å². The van der Waals surface area contributed by atoms with E-state index in [1.54, 1.807) is 6.07 Å². The van der Waals surface area contributed by atoms with Crippen LogP contribution in [0.25, 0.3) is 43.1 Å². The molecule has 1 N–H and O–H groups in total. The number of hydrogen-bond donors (Lipinski definition) is 1. The molecule has 2 nitrogen and oxygen atoms in total. The molecule has 0 fully saturated rings. The van der Waals surface area contributed by atoms with Crippen LogP contribution >= 0.6 is 0 Å². The normalized spacial score (nSPS) is 11.3. The average molecular weight is 320 g/mol. The van der Waals surface area contributed by atoms with Crippen molar-refractivity contribution in [3.05, 3.63) is 72.3 Å². The maximum atomic E-state index is 11.8. The van der Waals surface area contributed by atoms with Gasteiger partial charge in [0.2, 0.25) is 0 Å². The molecule has 3 heteroatoms. The summed E-state index contributed by atoms with van der Waals surface area (Å²) in [6.45, 7) is 0. The number of carbonyl (C=O) groups is 1. The average Bonchev–Trinajstić information content (AvgIpc) is 2.58. The maximum Gasteiger partial charge on any atom is 1.00 e. The van der Waals surface area contributed by atoms with Gasteiger partial charge in [-0.1, -0.05) is 60.7 Å². The molecule has 5 aromatic carbocycles. The van der Waals surface area contributed by atoms with E-state index >= 15 is 0 Å². The largest absolute Gasteiger partial charge is 1.00 e. The molecule has 5 aromatic rings. The van der Waals surface area contributed by atoms with Crippen LogP contribution in [0, 0.1) is 0 Å². The molecule has 0 unspecified atom stereocenters. The van der Waals surface area contributed by atoms with E-state index in [0.717, 1.165) is 37.7 Å². The van der Waals surface area contributed by atoms with Gasteiger partial charge < -0.3 is 6.53 Å². The van der Waals surface area contributed by atoms with Crippen LogP contribution in [0.15, 0.2) is 66.7 Å². The predicted octanol–water partition coefficient (Wildman–Crippen LogP) is 2.55. The minimum absolute atomic E-state index is 0. The summed E-state index contributed by atoms with van der Waals surface area (Å²) in [5.74, 6) is -0.881. The molecule has 0 spiro atoms. The first-order valence-corrected chi connectivity index (χ1v) is 7.57. The second kappa shape index (κ2) is 5.45. The zero-order valence-electron chi connectivity index (χ0n) is 14.2. The van der Waals surface area contributed by atoms with Crippen molar-refractivity contribution in [3.63, 3.8) is 0 Å². The van der Waals surface area contributed by atoms with Crippen molar-refractivity contribution in [2.75, 3.05) is 0 Å². The van der Waals surface area contributed by atoms with Crippen LogP contribution in [0.4, 0.5) is 0 Å². The second-order valence-electron chi connectivity index (χ2n) is 5.91. The number of rotatable bonds is 1. The molecular formula is C21H13NaO2. The first-order valence-electron chi connectivity index (χ1n) is 7.57. The quantitative estimate of drug-likeness (QED) is 0.293. The number of aromatic carboxylic acids is 1. The summed E-state index contributed by atoms with van der Waals surface area (Å²) in [4.78, 5) is 11.8. The molecule has 0 atom stereocenters. The Bertz CT molecular complexity index is 1240. The molecule has 24 heavy (non-hydrogen) atoms. The Balaban J connectivity index is 0.000000911. The zero-order chi connectivity index (χ0) is 15.6. The van der Waals surface area contributed by atoms with Crippen molar-refractivity contribution in [3.8, 4) is 0 Å². The summed E-state index contributed by atoms with van der Waals surface area (Å²) in [6, 6.07) is 22.2. The van der Waals surface area contributed by atoms with Crippen LogP contribution in [0.3, 0.4) is 0 Å². The fraction of sp³-hybridized carbons (Fsp3) is 0. The third kappa shape index (κ3) is 1.91. The van der Waals surface area contributed by atoms with E-state index in [1.807, 2.05) is 30.3 Å². The van der Waals surface area contributed by atoms with Crippen LogP contribution in [-0.2, 0) is 0 Å². The fourth-order valence-corrected chi connectivity index (χ4v) is 3.84. The summed E-state index contributed by atoms with van der Waals surface area (Å²) in [5, 5.41) is 18.2.